The smallest absolute Gasteiger partial charge is 0.111 e. The van der Waals surface area contributed by atoms with Gasteiger partial charge in [0.15, 0.2) is 0 Å². The molecule has 0 heterocycles. The lowest BCUT2D eigenvalue weighted by Gasteiger charge is -2.08. The van der Waals surface area contributed by atoms with Crippen LogP contribution in [0.25, 0.3) is 0 Å². The number of nitrogens with one attached hydrogen (secondary N) is 3. The molecule has 7 N–H and O–H groups in total. The van der Waals surface area contributed by atoms with Crippen molar-refractivity contribution in [1.82, 2.24) is 5.32 Å². The molecule has 58 valence electrons. The van der Waals surface area contributed by atoms with Crippen molar-refractivity contribution >= 4 is 11.7 Å². The molecule has 10 heavy (non-hydrogen) atoms. The van der Waals surface area contributed by atoms with Gasteiger partial charge in [0.25, 0.3) is 0 Å². The number of hydrogen-bond donors (Lipinski definition) is 5. The Kier molecular flexibility index (Phi) is 3.42. The minimum atomic E-state index is -0.320. The van der Waals surface area contributed by atoms with E-state index in [2.05, 4.69) is 5.32 Å². The van der Waals surface area contributed by atoms with Gasteiger partial charge in [0.2, 0.25) is 0 Å². The highest BCUT2D eigenvalue weighted by Crippen LogP contribution is 1.73. The Labute approximate surface area is 59.8 Å². The molecular weight excluding hydrogens is 130 g/mol. The van der Waals surface area contributed by atoms with E-state index in [-0.39, 0.29) is 24.3 Å². The summed E-state index contributed by atoms with van der Waals surface area (Å²) in [5.41, 5.74) is 10.3. The number of hydrogen-bond acceptors (Lipinski definition) is 3. The maximum absolute atomic E-state index is 7.15. The first-order chi connectivity index (χ1) is 4.54. The van der Waals surface area contributed by atoms with Gasteiger partial charge in [0, 0.05) is 0 Å². The molecule has 0 fully saturated rings. The summed E-state index contributed by atoms with van der Waals surface area (Å²) >= 11 is 0. The molecule has 0 spiro atoms. The maximum Gasteiger partial charge on any atom is 0.111 e. The molecule has 0 radical (unpaired) electrons. The van der Waals surface area contributed by atoms with E-state index in [0.717, 1.165) is 0 Å². The summed E-state index contributed by atoms with van der Waals surface area (Å²) in [7, 11) is 0. The molecule has 5 nitrogen and oxygen atoms in total. The molecule has 5 heteroatoms. The zero-order chi connectivity index (χ0) is 8.15. The van der Waals surface area contributed by atoms with Crippen molar-refractivity contribution in [3.05, 3.63) is 0 Å². The quantitative estimate of drug-likeness (QED) is 0.253. The Hall–Kier alpha value is -1.10. The highest BCUT2D eigenvalue weighted by atomic mass is 15.0. The van der Waals surface area contributed by atoms with Gasteiger partial charge in [-0.05, 0) is 6.92 Å². The van der Waals surface area contributed by atoms with Crippen molar-refractivity contribution in [3.8, 4) is 0 Å². The van der Waals surface area contributed by atoms with Crippen LogP contribution in [-0.2, 0) is 0 Å². The van der Waals surface area contributed by atoms with E-state index >= 15 is 0 Å². The molecule has 0 aliphatic carbocycles. The minimum absolute atomic E-state index is 0.00500. The lowest BCUT2D eigenvalue weighted by atomic mass is 10.3. The second kappa shape index (κ2) is 3.84. The van der Waals surface area contributed by atoms with E-state index in [1.807, 2.05) is 0 Å². The van der Waals surface area contributed by atoms with Gasteiger partial charge in [-0.1, -0.05) is 0 Å². The van der Waals surface area contributed by atoms with Crippen LogP contribution in [0, 0.1) is 10.8 Å². The molecular formula is C5H13N5. The molecule has 0 bridgehead atoms. The molecule has 0 unspecified atom stereocenters. The van der Waals surface area contributed by atoms with Crippen LogP contribution in [0.5, 0.6) is 0 Å². The number of rotatable bonds is 3. The first-order valence-corrected chi connectivity index (χ1v) is 2.95. The monoisotopic (exact) mass is 143 g/mol. The summed E-state index contributed by atoms with van der Waals surface area (Å²) in [6, 6.07) is -0.320. The molecule has 0 aliphatic rings. The minimum Gasteiger partial charge on any atom is -0.386 e. The summed E-state index contributed by atoms with van der Waals surface area (Å²) < 4.78 is 0. The third kappa shape index (κ3) is 3.85. The van der Waals surface area contributed by atoms with E-state index in [1.165, 1.54) is 0 Å². The van der Waals surface area contributed by atoms with Gasteiger partial charge in [-0.25, -0.2) is 0 Å². The third-order valence-corrected chi connectivity index (χ3v) is 0.925. The third-order valence-electron chi connectivity index (χ3n) is 0.925. The Morgan fingerprint density at radius 3 is 2.40 bits per heavy atom. The SMILES string of the molecule is C[C@@H](N)C(=N)NCC(=N)N. The summed E-state index contributed by atoms with van der Waals surface area (Å²) in [5, 5.41) is 16.5. The number of nitrogens with two attached hydrogens (primary N) is 2. The molecule has 1 atom stereocenters. The molecule has 0 aromatic rings. The van der Waals surface area contributed by atoms with Crippen LogP contribution in [0.1, 0.15) is 6.92 Å². The van der Waals surface area contributed by atoms with Crippen LogP contribution >= 0.6 is 0 Å². The molecule has 0 rings (SSSR count). The Morgan fingerprint density at radius 2 is 2.10 bits per heavy atom. The zero-order valence-corrected chi connectivity index (χ0v) is 5.94. The Balaban J connectivity index is 3.50. The van der Waals surface area contributed by atoms with Gasteiger partial charge in [-0.3, -0.25) is 10.8 Å². The normalized spacial score (nSPS) is 12.2. The molecule has 0 aromatic heterocycles. The molecule has 0 aromatic carbocycles. The standard InChI is InChI=1S/C5H13N5/c1-3(6)5(9)10-2-4(7)8/h3H,2,6H2,1H3,(H3,7,8)(H2,9,10)/t3-/m1/s1. The van der Waals surface area contributed by atoms with Crippen molar-refractivity contribution in [2.75, 3.05) is 6.54 Å². The highest BCUT2D eigenvalue weighted by Gasteiger charge is 2.00. The summed E-state index contributed by atoms with van der Waals surface area (Å²) in [6.07, 6.45) is 0. The van der Waals surface area contributed by atoms with E-state index in [0.29, 0.717) is 0 Å². The fraction of sp³-hybridized carbons (Fsp3) is 0.600. The Bertz CT molecular complexity index is 139. The zero-order valence-electron chi connectivity index (χ0n) is 5.94. The van der Waals surface area contributed by atoms with E-state index in [4.69, 9.17) is 22.3 Å². The van der Waals surface area contributed by atoms with Gasteiger partial charge >= 0.3 is 0 Å². The van der Waals surface area contributed by atoms with Crippen LogP contribution in [0.2, 0.25) is 0 Å². The second-order valence-electron chi connectivity index (χ2n) is 2.08. The summed E-state index contributed by atoms with van der Waals surface area (Å²) in [5.74, 6) is 0.209. The predicted octanol–water partition coefficient (Wildman–Crippen LogP) is -1.16. The van der Waals surface area contributed by atoms with Crippen molar-refractivity contribution in [3.63, 3.8) is 0 Å². The average Bonchev–Trinajstić information content (AvgIpc) is 1.82. The Morgan fingerprint density at radius 1 is 1.60 bits per heavy atom. The fourth-order valence-corrected chi connectivity index (χ4v) is 0.351. The molecule has 0 amide bonds. The van der Waals surface area contributed by atoms with Crippen molar-refractivity contribution in [2.45, 2.75) is 13.0 Å². The first kappa shape index (κ1) is 8.90. The van der Waals surface area contributed by atoms with E-state index in [9.17, 15) is 0 Å². The van der Waals surface area contributed by atoms with Crippen molar-refractivity contribution in [2.24, 2.45) is 11.5 Å². The highest BCUT2D eigenvalue weighted by molar-refractivity contribution is 5.88. The van der Waals surface area contributed by atoms with Crippen LogP contribution in [-0.4, -0.2) is 24.3 Å². The summed E-state index contributed by atoms with van der Waals surface area (Å²) in [6.45, 7) is 1.88. The maximum atomic E-state index is 7.15. The second-order valence-corrected chi connectivity index (χ2v) is 2.08. The van der Waals surface area contributed by atoms with E-state index < -0.39 is 0 Å². The van der Waals surface area contributed by atoms with Gasteiger partial charge in [0.1, 0.15) is 11.7 Å². The van der Waals surface area contributed by atoms with Crippen molar-refractivity contribution < 1.29 is 0 Å². The van der Waals surface area contributed by atoms with Gasteiger partial charge in [0.05, 0.1) is 12.6 Å². The van der Waals surface area contributed by atoms with Gasteiger partial charge in [-0.2, -0.15) is 0 Å². The lowest BCUT2D eigenvalue weighted by Crippen LogP contribution is -2.41. The number of amidine groups is 2. The van der Waals surface area contributed by atoms with Crippen LogP contribution < -0.4 is 16.8 Å². The average molecular weight is 143 g/mol. The molecule has 0 aliphatic heterocycles. The predicted molar refractivity (Wildman–Crippen MR) is 41.3 cm³/mol. The van der Waals surface area contributed by atoms with Crippen LogP contribution in [0.3, 0.4) is 0 Å². The van der Waals surface area contributed by atoms with Crippen molar-refractivity contribution in [1.29, 1.82) is 10.8 Å². The van der Waals surface area contributed by atoms with E-state index in [1.54, 1.807) is 6.92 Å². The lowest BCUT2D eigenvalue weighted by molar-refractivity contribution is 0.883. The molecule has 0 saturated carbocycles. The summed E-state index contributed by atoms with van der Waals surface area (Å²) in [4.78, 5) is 0. The fourth-order valence-electron chi connectivity index (χ4n) is 0.351. The largest absolute Gasteiger partial charge is 0.386 e. The molecule has 0 saturated heterocycles. The topological polar surface area (TPSA) is 112 Å². The first-order valence-electron chi connectivity index (χ1n) is 2.95. The van der Waals surface area contributed by atoms with Gasteiger partial charge in [-0.15, -0.1) is 0 Å². The van der Waals surface area contributed by atoms with Gasteiger partial charge < -0.3 is 16.8 Å². The van der Waals surface area contributed by atoms with Crippen LogP contribution in [0.4, 0.5) is 0 Å². The van der Waals surface area contributed by atoms with Crippen LogP contribution in [0.15, 0.2) is 0 Å².